The van der Waals surface area contributed by atoms with E-state index in [9.17, 15) is 4.79 Å². The van der Waals surface area contributed by atoms with E-state index in [1.165, 1.54) is 0 Å². The zero-order valence-electron chi connectivity index (χ0n) is 12.2. The highest BCUT2D eigenvalue weighted by atomic mass is 35.5. The number of benzene rings is 1. The van der Waals surface area contributed by atoms with Crippen molar-refractivity contribution in [3.63, 3.8) is 0 Å². The Morgan fingerprint density at radius 3 is 2.64 bits per heavy atom. The Morgan fingerprint density at radius 2 is 1.95 bits per heavy atom. The molecule has 3 N–H and O–H groups in total. The van der Waals surface area contributed by atoms with E-state index >= 15 is 0 Å². The topological polar surface area (TPSA) is 68.0 Å². The number of thiazole rings is 1. The Balaban J connectivity index is 0.00000176. The van der Waals surface area contributed by atoms with Crippen LogP contribution in [0.2, 0.25) is 0 Å². The van der Waals surface area contributed by atoms with Crippen molar-refractivity contribution >= 4 is 29.7 Å². The van der Waals surface area contributed by atoms with Crippen molar-refractivity contribution in [2.45, 2.75) is 37.8 Å². The molecular formula is C16H20ClN3OS. The van der Waals surface area contributed by atoms with Crippen LogP contribution in [0.4, 0.5) is 0 Å². The van der Waals surface area contributed by atoms with Gasteiger partial charge < -0.3 is 11.1 Å². The first-order valence-corrected chi connectivity index (χ1v) is 8.12. The van der Waals surface area contributed by atoms with Crippen LogP contribution in [0.5, 0.6) is 0 Å². The second-order valence-electron chi connectivity index (χ2n) is 5.56. The molecule has 1 saturated carbocycles. The molecule has 3 rings (SSSR count). The summed E-state index contributed by atoms with van der Waals surface area (Å²) in [6, 6.07) is 10.1. The number of amides is 1. The van der Waals surface area contributed by atoms with Gasteiger partial charge >= 0.3 is 0 Å². The lowest BCUT2D eigenvalue weighted by molar-refractivity contribution is -0.126. The van der Waals surface area contributed by atoms with Crippen molar-refractivity contribution in [2.75, 3.05) is 0 Å². The Kier molecular flexibility index (Phi) is 5.56. The number of carbonyl (C=O) groups excluding carboxylic acids is 1. The van der Waals surface area contributed by atoms with Crippen LogP contribution in [-0.2, 0) is 11.3 Å². The van der Waals surface area contributed by atoms with Crippen LogP contribution >= 0.6 is 23.7 Å². The van der Waals surface area contributed by atoms with Gasteiger partial charge in [-0.1, -0.05) is 43.2 Å². The second kappa shape index (κ2) is 7.22. The van der Waals surface area contributed by atoms with Crippen LogP contribution in [0.3, 0.4) is 0 Å². The van der Waals surface area contributed by atoms with Gasteiger partial charge in [0.2, 0.25) is 5.91 Å². The molecule has 0 unspecified atom stereocenters. The van der Waals surface area contributed by atoms with Crippen LogP contribution in [0.25, 0.3) is 10.6 Å². The molecule has 2 aromatic rings. The van der Waals surface area contributed by atoms with Gasteiger partial charge in [-0.05, 0) is 12.8 Å². The second-order valence-corrected chi connectivity index (χ2v) is 6.41. The Bertz CT molecular complexity index is 623. The highest BCUT2D eigenvalue weighted by molar-refractivity contribution is 7.13. The number of carbonyl (C=O) groups is 1. The highest BCUT2D eigenvalue weighted by Crippen LogP contribution is 2.27. The number of nitrogens with two attached hydrogens (primary N) is 1. The molecule has 22 heavy (non-hydrogen) atoms. The van der Waals surface area contributed by atoms with E-state index in [1.54, 1.807) is 11.3 Å². The monoisotopic (exact) mass is 337 g/mol. The largest absolute Gasteiger partial charge is 0.349 e. The van der Waals surface area contributed by atoms with E-state index < -0.39 is 5.54 Å². The van der Waals surface area contributed by atoms with Crippen molar-refractivity contribution in [1.82, 2.24) is 10.3 Å². The maximum absolute atomic E-state index is 12.2. The molecule has 118 valence electrons. The van der Waals surface area contributed by atoms with Crippen molar-refractivity contribution < 1.29 is 4.79 Å². The number of nitrogens with one attached hydrogen (secondary N) is 1. The van der Waals surface area contributed by atoms with Crippen molar-refractivity contribution in [3.05, 3.63) is 41.4 Å². The molecule has 0 spiro atoms. The van der Waals surface area contributed by atoms with Crippen LogP contribution in [0.15, 0.2) is 35.7 Å². The Morgan fingerprint density at radius 1 is 1.27 bits per heavy atom. The Labute approximate surface area is 140 Å². The van der Waals surface area contributed by atoms with E-state index in [-0.39, 0.29) is 18.3 Å². The van der Waals surface area contributed by atoms with E-state index in [4.69, 9.17) is 5.73 Å². The van der Waals surface area contributed by atoms with Gasteiger partial charge in [0.1, 0.15) is 5.01 Å². The third kappa shape index (κ3) is 3.66. The van der Waals surface area contributed by atoms with Gasteiger partial charge in [0.15, 0.2) is 0 Å². The molecule has 1 aromatic carbocycles. The predicted molar refractivity (Wildman–Crippen MR) is 92.0 cm³/mol. The summed E-state index contributed by atoms with van der Waals surface area (Å²) in [5, 5.41) is 5.89. The van der Waals surface area contributed by atoms with E-state index in [1.807, 2.05) is 35.7 Å². The molecule has 6 heteroatoms. The van der Waals surface area contributed by atoms with Crippen LogP contribution < -0.4 is 11.1 Å². The van der Waals surface area contributed by atoms with Gasteiger partial charge in [0, 0.05) is 10.9 Å². The Hall–Kier alpha value is -1.43. The fourth-order valence-corrected chi connectivity index (χ4v) is 3.51. The van der Waals surface area contributed by atoms with Crippen molar-refractivity contribution in [2.24, 2.45) is 5.73 Å². The van der Waals surface area contributed by atoms with E-state index in [0.29, 0.717) is 6.54 Å². The third-order valence-electron chi connectivity index (χ3n) is 3.95. The SMILES string of the molecule is Cl.NC1(C(=O)NCc2csc(-c3ccccc3)n2)CCCC1. The highest BCUT2D eigenvalue weighted by Gasteiger charge is 2.36. The first-order valence-electron chi connectivity index (χ1n) is 7.24. The van der Waals surface area contributed by atoms with Crippen molar-refractivity contribution in [1.29, 1.82) is 0 Å². The number of hydrogen-bond donors (Lipinski definition) is 2. The summed E-state index contributed by atoms with van der Waals surface area (Å²) in [7, 11) is 0. The van der Waals surface area contributed by atoms with Gasteiger partial charge in [-0.2, -0.15) is 0 Å². The van der Waals surface area contributed by atoms with Crippen LogP contribution in [0.1, 0.15) is 31.4 Å². The average molecular weight is 338 g/mol. The minimum Gasteiger partial charge on any atom is -0.349 e. The molecule has 1 aliphatic rings. The van der Waals surface area contributed by atoms with Gasteiger partial charge in [-0.25, -0.2) is 4.98 Å². The summed E-state index contributed by atoms with van der Waals surface area (Å²) in [4.78, 5) is 16.7. The summed E-state index contributed by atoms with van der Waals surface area (Å²) in [6.45, 7) is 0.446. The number of nitrogens with zero attached hydrogens (tertiary/aromatic N) is 1. The van der Waals surface area contributed by atoms with Crippen LogP contribution in [-0.4, -0.2) is 16.4 Å². The number of halogens is 1. The van der Waals surface area contributed by atoms with Gasteiger partial charge in [0.25, 0.3) is 0 Å². The lowest BCUT2D eigenvalue weighted by Gasteiger charge is -2.21. The molecule has 1 amide bonds. The molecule has 1 aliphatic carbocycles. The zero-order chi connectivity index (χ0) is 14.7. The molecule has 0 saturated heterocycles. The van der Waals surface area contributed by atoms with Gasteiger partial charge in [0.05, 0.1) is 17.8 Å². The predicted octanol–water partition coefficient (Wildman–Crippen LogP) is 3.12. The molecule has 0 atom stereocenters. The minimum atomic E-state index is -0.668. The molecule has 4 nitrogen and oxygen atoms in total. The van der Waals surface area contributed by atoms with E-state index in [0.717, 1.165) is 41.9 Å². The lowest BCUT2D eigenvalue weighted by Crippen LogP contribution is -2.51. The fraction of sp³-hybridized carbons (Fsp3) is 0.375. The first-order chi connectivity index (χ1) is 10.2. The normalized spacial score (nSPS) is 16.0. The number of rotatable bonds is 4. The summed E-state index contributed by atoms with van der Waals surface area (Å²) >= 11 is 1.59. The summed E-state index contributed by atoms with van der Waals surface area (Å²) < 4.78 is 0. The molecule has 0 aliphatic heterocycles. The molecule has 0 bridgehead atoms. The number of hydrogen-bond acceptors (Lipinski definition) is 4. The van der Waals surface area contributed by atoms with Gasteiger partial charge in [-0.3, -0.25) is 4.79 Å². The zero-order valence-corrected chi connectivity index (χ0v) is 13.9. The summed E-state index contributed by atoms with van der Waals surface area (Å²) in [5.41, 5.74) is 7.45. The van der Waals surface area contributed by atoms with Gasteiger partial charge in [-0.15, -0.1) is 23.7 Å². The standard InChI is InChI=1S/C16H19N3OS.ClH/c17-16(8-4-5-9-16)15(20)18-10-13-11-21-14(19-13)12-6-2-1-3-7-12;/h1-3,6-7,11H,4-5,8-10,17H2,(H,18,20);1H. The van der Waals surface area contributed by atoms with Crippen molar-refractivity contribution in [3.8, 4) is 10.6 Å². The summed E-state index contributed by atoms with van der Waals surface area (Å²) in [5.74, 6) is -0.0470. The quantitative estimate of drug-likeness (QED) is 0.900. The molecule has 1 fully saturated rings. The molecule has 0 radical (unpaired) electrons. The third-order valence-corrected chi connectivity index (χ3v) is 4.89. The maximum Gasteiger partial charge on any atom is 0.240 e. The molecule has 1 heterocycles. The average Bonchev–Trinajstić information content (AvgIpc) is 3.15. The van der Waals surface area contributed by atoms with E-state index in [2.05, 4.69) is 10.3 Å². The lowest BCUT2D eigenvalue weighted by atomic mass is 9.98. The summed E-state index contributed by atoms with van der Waals surface area (Å²) in [6.07, 6.45) is 3.65. The smallest absolute Gasteiger partial charge is 0.240 e. The minimum absolute atomic E-state index is 0. The van der Waals surface area contributed by atoms with Crippen LogP contribution in [0, 0.1) is 0 Å². The molecular weight excluding hydrogens is 318 g/mol. The molecule has 1 aromatic heterocycles. The number of aromatic nitrogens is 1. The first kappa shape index (κ1) is 16.9. The fourth-order valence-electron chi connectivity index (χ4n) is 2.68. The maximum atomic E-state index is 12.2.